The van der Waals surface area contributed by atoms with E-state index in [2.05, 4.69) is 10.3 Å². The van der Waals surface area contributed by atoms with Crippen molar-refractivity contribution in [3.8, 4) is 11.5 Å². The molecule has 0 atom stereocenters. The third-order valence-electron chi connectivity index (χ3n) is 4.39. The van der Waals surface area contributed by atoms with Gasteiger partial charge in [0.05, 0.1) is 23.1 Å². The number of rotatable bonds is 5. The average molecular weight is 357 g/mol. The first-order chi connectivity index (χ1) is 13.2. The number of fused-ring (bicyclic) bond motifs is 1. The molecule has 1 heterocycles. The van der Waals surface area contributed by atoms with Crippen LogP contribution in [0.4, 0.5) is 0 Å². The van der Waals surface area contributed by atoms with E-state index in [1.807, 2.05) is 78.3 Å². The summed E-state index contributed by atoms with van der Waals surface area (Å²) in [4.78, 5) is 17.3. The molecule has 3 aromatic carbocycles. The Labute approximate surface area is 157 Å². The van der Waals surface area contributed by atoms with E-state index in [4.69, 9.17) is 4.74 Å². The van der Waals surface area contributed by atoms with Gasteiger partial charge in [0.15, 0.2) is 0 Å². The van der Waals surface area contributed by atoms with E-state index in [0.29, 0.717) is 23.6 Å². The van der Waals surface area contributed by atoms with E-state index in [-0.39, 0.29) is 5.91 Å². The van der Waals surface area contributed by atoms with Gasteiger partial charge >= 0.3 is 0 Å². The molecule has 27 heavy (non-hydrogen) atoms. The Hall–Kier alpha value is -3.60. The lowest BCUT2D eigenvalue weighted by molar-refractivity contribution is 0.0947. The Balaban J connectivity index is 1.52. The minimum absolute atomic E-state index is 0.200. The molecule has 1 amide bonds. The summed E-state index contributed by atoms with van der Waals surface area (Å²) in [5.41, 5.74) is 2.44. The first-order valence-electron chi connectivity index (χ1n) is 8.73. The van der Waals surface area contributed by atoms with Crippen molar-refractivity contribution < 1.29 is 9.53 Å². The zero-order valence-corrected chi connectivity index (χ0v) is 14.9. The van der Waals surface area contributed by atoms with Gasteiger partial charge in [-0.25, -0.2) is 4.98 Å². The lowest BCUT2D eigenvalue weighted by atomic mass is 10.2. The average Bonchev–Trinajstić information content (AvgIpc) is 3.03. The largest absolute Gasteiger partial charge is 0.457 e. The van der Waals surface area contributed by atoms with Gasteiger partial charge in [-0.3, -0.25) is 4.79 Å². The van der Waals surface area contributed by atoms with Crippen LogP contribution in [0.15, 0.2) is 78.9 Å². The summed E-state index contributed by atoms with van der Waals surface area (Å²) >= 11 is 0. The van der Waals surface area contributed by atoms with Gasteiger partial charge in [0, 0.05) is 7.05 Å². The van der Waals surface area contributed by atoms with E-state index in [1.54, 1.807) is 12.1 Å². The molecule has 0 unspecified atom stereocenters. The number of carbonyl (C=O) groups is 1. The Morgan fingerprint density at radius 3 is 2.48 bits per heavy atom. The predicted octanol–water partition coefficient (Wildman–Crippen LogP) is 4.30. The second-order valence-corrected chi connectivity index (χ2v) is 6.17. The fraction of sp³-hybridized carbons (Fsp3) is 0.0909. The van der Waals surface area contributed by atoms with Crippen molar-refractivity contribution in [3.63, 3.8) is 0 Å². The molecule has 0 saturated carbocycles. The topological polar surface area (TPSA) is 56.2 Å². The van der Waals surface area contributed by atoms with Gasteiger partial charge in [-0.15, -0.1) is 0 Å². The van der Waals surface area contributed by atoms with Crippen LogP contribution in [0.1, 0.15) is 16.2 Å². The molecule has 0 aliphatic rings. The smallest absolute Gasteiger partial charge is 0.255 e. The van der Waals surface area contributed by atoms with Gasteiger partial charge in [-0.05, 0) is 36.4 Å². The molecule has 5 heteroatoms. The summed E-state index contributed by atoms with van der Waals surface area (Å²) in [5.74, 6) is 1.80. The Morgan fingerprint density at radius 1 is 0.963 bits per heavy atom. The highest BCUT2D eigenvalue weighted by Crippen LogP contribution is 2.25. The highest BCUT2D eigenvalue weighted by molar-refractivity contribution is 5.97. The summed E-state index contributed by atoms with van der Waals surface area (Å²) in [5, 5.41) is 2.94. The van der Waals surface area contributed by atoms with Crippen LogP contribution >= 0.6 is 0 Å². The van der Waals surface area contributed by atoms with E-state index < -0.39 is 0 Å². The third kappa shape index (κ3) is 3.53. The Kier molecular flexibility index (Phi) is 4.58. The monoisotopic (exact) mass is 357 g/mol. The van der Waals surface area contributed by atoms with Crippen molar-refractivity contribution in [1.82, 2.24) is 14.9 Å². The summed E-state index contributed by atoms with van der Waals surface area (Å²) in [7, 11) is 1.95. The number of carbonyl (C=O) groups excluding carboxylic acids is 1. The van der Waals surface area contributed by atoms with Crippen molar-refractivity contribution in [2.75, 3.05) is 0 Å². The lowest BCUT2D eigenvalue weighted by Crippen LogP contribution is -2.24. The van der Waals surface area contributed by atoms with Crippen molar-refractivity contribution in [2.24, 2.45) is 7.05 Å². The Bertz CT molecular complexity index is 1090. The first kappa shape index (κ1) is 16.8. The fourth-order valence-electron chi connectivity index (χ4n) is 2.97. The van der Waals surface area contributed by atoms with Gasteiger partial charge in [-0.2, -0.15) is 0 Å². The molecule has 4 rings (SSSR count). The van der Waals surface area contributed by atoms with E-state index >= 15 is 0 Å². The molecule has 4 aromatic rings. The van der Waals surface area contributed by atoms with E-state index in [0.717, 1.165) is 16.9 Å². The molecule has 1 aromatic heterocycles. The van der Waals surface area contributed by atoms with Crippen LogP contribution in [-0.4, -0.2) is 15.5 Å². The maximum absolute atomic E-state index is 12.7. The van der Waals surface area contributed by atoms with Crippen LogP contribution < -0.4 is 10.1 Å². The number of ether oxygens (including phenoxy) is 1. The summed E-state index contributed by atoms with van der Waals surface area (Å²) in [6.07, 6.45) is 0. The van der Waals surface area contributed by atoms with Crippen LogP contribution in [0, 0.1) is 0 Å². The second kappa shape index (κ2) is 7.33. The number of imidazole rings is 1. The van der Waals surface area contributed by atoms with Crippen LogP contribution in [0.3, 0.4) is 0 Å². The maximum Gasteiger partial charge on any atom is 0.255 e. The van der Waals surface area contributed by atoms with E-state index in [9.17, 15) is 4.79 Å². The van der Waals surface area contributed by atoms with Crippen LogP contribution in [0.25, 0.3) is 11.0 Å². The zero-order chi connectivity index (χ0) is 18.6. The first-order valence-corrected chi connectivity index (χ1v) is 8.73. The third-order valence-corrected chi connectivity index (χ3v) is 4.39. The number of hydrogen-bond donors (Lipinski definition) is 1. The summed E-state index contributed by atoms with van der Waals surface area (Å²) < 4.78 is 7.86. The van der Waals surface area contributed by atoms with Crippen molar-refractivity contribution in [1.29, 1.82) is 0 Å². The van der Waals surface area contributed by atoms with Gasteiger partial charge in [0.2, 0.25) is 0 Å². The molecule has 0 aliphatic heterocycles. The van der Waals surface area contributed by atoms with E-state index in [1.165, 1.54) is 0 Å². The number of aryl methyl sites for hydroxylation is 1. The molecular weight excluding hydrogens is 338 g/mol. The molecule has 0 fully saturated rings. The molecule has 0 spiro atoms. The summed E-state index contributed by atoms with van der Waals surface area (Å²) in [6.45, 7) is 0.337. The molecule has 0 radical (unpaired) electrons. The van der Waals surface area contributed by atoms with Gasteiger partial charge in [-0.1, -0.05) is 42.5 Å². The lowest BCUT2D eigenvalue weighted by Gasteiger charge is -2.11. The minimum Gasteiger partial charge on any atom is -0.457 e. The quantitative estimate of drug-likeness (QED) is 0.579. The molecule has 0 aliphatic carbocycles. The standard InChI is InChI=1S/C22H19N3O2/c1-25-19-13-7-6-12-18(19)24-21(25)15-23-22(26)17-11-5-8-14-20(17)27-16-9-3-2-4-10-16/h2-14H,15H2,1H3,(H,23,26). The van der Waals surface area contributed by atoms with Gasteiger partial charge < -0.3 is 14.6 Å². The second-order valence-electron chi connectivity index (χ2n) is 6.17. The van der Waals surface area contributed by atoms with Crippen LogP contribution in [0.5, 0.6) is 11.5 Å². The molecule has 134 valence electrons. The molecule has 0 saturated heterocycles. The normalized spacial score (nSPS) is 10.7. The van der Waals surface area contributed by atoms with Crippen molar-refractivity contribution in [3.05, 3.63) is 90.3 Å². The maximum atomic E-state index is 12.7. The summed E-state index contributed by atoms with van der Waals surface area (Å²) in [6, 6.07) is 24.5. The SMILES string of the molecule is Cn1c(CNC(=O)c2ccccc2Oc2ccccc2)nc2ccccc21. The van der Waals surface area contributed by atoms with Crippen molar-refractivity contribution >= 4 is 16.9 Å². The van der Waals surface area contributed by atoms with Crippen molar-refractivity contribution in [2.45, 2.75) is 6.54 Å². The number of hydrogen-bond acceptors (Lipinski definition) is 3. The predicted molar refractivity (Wildman–Crippen MR) is 105 cm³/mol. The fourth-order valence-corrected chi connectivity index (χ4v) is 2.97. The van der Waals surface area contributed by atoms with Crippen LogP contribution in [-0.2, 0) is 13.6 Å². The number of aromatic nitrogens is 2. The number of nitrogens with zero attached hydrogens (tertiary/aromatic N) is 2. The van der Waals surface area contributed by atoms with Gasteiger partial charge in [0.1, 0.15) is 17.3 Å². The molecule has 1 N–H and O–H groups in total. The number of benzene rings is 3. The number of amides is 1. The van der Waals surface area contributed by atoms with Gasteiger partial charge in [0.25, 0.3) is 5.91 Å². The van der Waals surface area contributed by atoms with Crippen LogP contribution in [0.2, 0.25) is 0 Å². The zero-order valence-electron chi connectivity index (χ0n) is 14.9. The highest BCUT2D eigenvalue weighted by Gasteiger charge is 2.14. The molecule has 0 bridgehead atoms. The highest BCUT2D eigenvalue weighted by atomic mass is 16.5. The number of para-hydroxylation sites is 4. The number of nitrogens with one attached hydrogen (secondary N) is 1. The molecular formula is C22H19N3O2. The minimum atomic E-state index is -0.200. The molecule has 5 nitrogen and oxygen atoms in total. The Morgan fingerprint density at radius 2 is 1.67 bits per heavy atom.